The average Bonchev–Trinajstić information content (AvgIpc) is 3.09. The molecule has 27 heavy (non-hydrogen) atoms. The molecule has 4 nitrogen and oxygen atoms in total. The lowest BCUT2D eigenvalue weighted by atomic mass is 9.74. The summed E-state index contributed by atoms with van der Waals surface area (Å²) in [4.78, 5) is 12.5. The summed E-state index contributed by atoms with van der Waals surface area (Å²) in [5.74, 6) is 1.43. The highest BCUT2D eigenvalue weighted by Gasteiger charge is 2.61. The molecule has 4 rings (SSSR count). The summed E-state index contributed by atoms with van der Waals surface area (Å²) in [7, 11) is 1.67. The first-order chi connectivity index (χ1) is 12.9. The zero-order valence-corrected chi connectivity index (χ0v) is 16.6. The maximum absolute atomic E-state index is 12.5. The molecule has 2 saturated carbocycles. The van der Waals surface area contributed by atoms with Gasteiger partial charge in [-0.25, -0.2) is 0 Å². The molecule has 146 valence electrons. The lowest BCUT2D eigenvalue weighted by Gasteiger charge is -2.34. The molecule has 0 amide bonds. The van der Waals surface area contributed by atoms with E-state index in [1.807, 2.05) is 24.3 Å². The van der Waals surface area contributed by atoms with Gasteiger partial charge in [-0.1, -0.05) is 32.6 Å². The predicted octanol–water partition coefficient (Wildman–Crippen LogP) is 4.52. The Morgan fingerprint density at radius 2 is 2.00 bits per heavy atom. The molecule has 1 aromatic rings. The van der Waals surface area contributed by atoms with Crippen molar-refractivity contribution >= 4 is 5.97 Å². The van der Waals surface area contributed by atoms with Crippen molar-refractivity contribution in [1.29, 1.82) is 0 Å². The average molecular weight is 370 g/mol. The number of rotatable bonds is 4. The molecule has 3 aliphatic rings. The highest BCUT2D eigenvalue weighted by atomic mass is 16.6. The van der Waals surface area contributed by atoms with Crippen molar-refractivity contribution in [3.05, 3.63) is 42.0 Å². The number of hydrogen-bond acceptors (Lipinski definition) is 4. The van der Waals surface area contributed by atoms with Crippen LogP contribution in [0.4, 0.5) is 0 Å². The molecule has 0 bridgehead atoms. The van der Waals surface area contributed by atoms with Crippen molar-refractivity contribution in [2.24, 2.45) is 23.2 Å². The summed E-state index contributed by atoms with van der Waals surface area (Å²) in [6.07, 6.45) is 3.83. The molecule has 5 atom stereocenters. The van der Waals surface area contributed by atoms with Crippen LogP contribution in [0.25, 0.3) is 0 Å². The second-order valence-corrected chi connectivity index (χ2v) is 9.03. The fourth-order valence-corrected chi connectivity index (χ4v) is 5.48. The molecule has 2 aliphatic carbocycles. The van der Waals surface area contributed by atoms with E-state index in [4.69, 9.17) is 14.2 Å². The van der Waals surface area contributed by atoms with Crippen LogP contribution >= 0.6 is 0 Å². The zero-order valence-electron chi connectivity index (χ0n) is 16.6. The Kier molecular flexibility index (Phi) is 4.79. The standard InChI is InChI=1S/C23H30O4/c1-14-6-5-7-17-19-18(12-23(2,3)21(19)27-22(17)24)20(14)26-13-15-8-10-16(25-4)11-9-15/h8-11,17-21H,1,5-7,12-13H2,2-4H3/t17-,18+,19+,20+,21+/m1/s1. The van der Waals surface area contributed by atoms with Gasteiger partial charge in [-0.15, -0.1) is 0 Å². The Labute approximate surface area is 161 Å². The van der Waals surface area contributed by atoms with Crippen LogP contribution in [0.2, 0.25) is 0 Å². The fourth-order valence-electron chi connectivity index (χ4n) is 5.48. The number of methoxy groups -OCH3 is 1. The van der Waals surface area contributed by atoms with Crippen LogP contribution < -0.4 is 4.74 Å². The van der Waals surface area contributed by atoms with E-state index in [1.165, 1.54) is 5.57 Å². The van der Waals surface area contributed by atoms with Crippen LogP contribution in [0.3, 0.4) is 0 Å². The van der Waals surface area contributed by atoms with Gasteiger partial charge in [-0.2, -0.15) is 0 Å². The summed E-state index contributed by atoms with van der Waals surface area (Å²) in [5, 5.41) is 0. The van der Waals surface area contributed by atoms with Crippen molar-refractivity contribution in [3.8, 4) is 5.75 Å². The van der Waals surface area contributed by atoms with E-state index in [0.29, 0.717) is 12.5 Å². The van der Waals surface area contributed by atoms with Crippen molar-refractivity contribution in [2.75, 3.05) is 7.11 Å². The van der Waals surface area contributed by atoms with E-state index in [-0.39, 0.29) is 35.4 Å². The minimum Gasteiger partial charge on any atom is -0.497 e. The lowest BCUT2D eigenvalue weighted by Crippen LogP contribution is -2.35. The molecule has 0 N–H and O–H groups in total. The Hall–Kier alpha value is -1.81. The predicted molar refractivity (Wildman–Crippen MR) is 103 cm³/mol. The Morgan fingerprint density at radius 3 is 2.70 bits per heavy atom. The summed E-state index contributed by atoms with van der Waals surface area (Å²) in [5.41, 5.74) is 2.28. The number of benzene rings is 1. The summed E-state index contributed by atoms with van der Waals surface area (Å²) >= 11 is 0. The molecule has 0 radical (unpaired) electrons. The molecule has 0 unspecified atom stereocenters. The number of ether oxygens (including phenoxy) is 3. The van der Waals surface area contributed by atoms with E-state index in [1.54, 1.807) is 7.11 Å². The molecule has 3 fully saturated rings. The Balaban J connectivity index is 1.56. The van der Waals surface area contributed by atoms with E-state index in [2.05, 4.69) is 20.4 Å². The monoisotopic (exact) mass is 370 g/mol. The van der Waals surface area contributed by atoms with Crippen LogP contribution in [0.15, 0.2) is 36.4 Å². The van der Waals surface area contributed by atoms with Gasteiger partial charge < -0.3 is 14.2 Å². The van der Waals surface area contributed by atoms with Gasteiger partial charge in [0.15, 0.2) is 0 Å². The minimum absolute atomic E-state index is 0.00388. The van der Waals surface area contributed by atoms with Crippen molar-refractivity contribution in [1.82, 2.24) is 0 Å². The smallest absolute Gasteiger partial charge is 0.309 e. The Morgan fingerprint density at radius 1 is 1.26 bits per heavy atom. The molecule has 1 aliphatic heterocycles. The van der Waals surface area contributed by atoms with Gasteiger partial charge in [0.25, 0.3) is 0 Å². The highest BCUT2D eigenvalue weighted by molar-refractivity contribution is 5.76. The van der Waals surface area contributed by atoms with Gasteiger partial charge in [0.1, 0.15) is 11.9 Å². The first-order valence-electron chi connectivity index (χ1n) is 10.0. The molecule has 4 heteroatoms. The summed E-state index contributed by atoms with van der Waals surface area (Å²) in [6.45, 7) is 9.35. The minimum atomic E-state index is -0.0151. The van der Waals surface area contributed by atoms with E-state index in [9.17, 15) is 4.79 Å². The third-order valence-corrected chi connectivity index (χ3v) is 6.78. The zero-order chi connectivity index (χ0) is 19.2. The number of carbonyl (C=O) groups excluding carboxylic acids is 1. The third kappa shape index (κ3) is 3.29. The van der Waals surface area contributed by atoms with Crippen LogP contribution in [0.1, 0.15) is 45.1 Å². The van der Waals surface area contributed by atoms with Crippen molar-refractivity contribution in [2.45, 2.75) is 58.3 Å². The largest absolute Gasteiger partial charge is 0.497 e. The van der Waals surface area contributed by atoms with Crippen LogP contribution in [0.5, 0.6) is 5.75 Å². The van der Waals surface area contributed by atoms with Gasteiger partial charge in [0.05, 0.1) is 25.7 Å². The lowest BCUT2D eigenvalue weighted by molar-refractivity contribution is -0.148. The number of carbonyl (C=O) groups is 1. The van der Waals surface area contributed by atoms with Gasteiger partial charge in [-0.3, -0.25) is 4.79 Å². The molecule has 1 saturated heterocycles. The molecular formula is C23H30O4. The van der Waals surface area contributed by atoms with Crippen LogP contribution in [0, 0.1) is 23.2 Å². The second kappa shape index (κ2) is 6.97. The quantitative estimate of drug-likeness (QED) is 0.577. The first-order valence-corrected chi connectivity index (χ1v) is 10.0. The summed E-state index contributed by atoms with van der Waals surface area (Å²) in [6, 6.07) is 7.99. The topological polar surface area (TPSA) is 44.8 Å². The first kappa shape index (κ1) is 18.5. The maximum atomic E-state index is 12.5. The maximum Gasteiger partial charge on any atom is 0.309 e. The van der Waals surface area contributed by atoms with E-state index < -0.39 is 0 Å². The van der Waals surface area contributed by atoms with E-state index >= 15 is 0 Å². The van der Waals surface area contributed by atoms with Gasteiger partial charge in [-0.05, 0) is 54.9 Å². The second-order valence-electron chi connectivity index (χ2n) is 9.03. The molecule has 0 spiro atoms. The highest BCUT2D eigenvalue weighted by Crippen LogP contribution is 2.57. The molecular weight excluding hydrogens is 340 g/mol. The van der Waals surface area contributed by atoms with Crippen LogP contribution in [-0.2, 0) is 20.9 Å². The van der Waals surface area contributed by atoms with Crippen molar-refractivity contribution in [3.63, 3.8) is 0 Å². The van der Waals surface area contributed by atoms with Gasteiger partial charge >= 0.3 is 5.97 Å². The Bertz CT molecular complexity index is 720. The number of hydrogen-bond donors (Lipinski definition) is 0. The normalized spacial score (nSPS) is 34.6. The van der Waals surface area contributed by atoms with Crippen molar-refractivity contribution < 1.29 is 19.0 Å². The van der Waals surface area contributed by atoms with E-state index in [0.717, 1.165) is 37.0 Å². The van der Waals surface area contributed by atoms with Gasteiger partial charge in [0.2, 0.25) is 0 Å². The summed E-state index contributed by atoms with van der Waals surface area (Å²) < 4.78 is 17.5. The SMILES string of the molecule is C=C1CCC[C@H]2C(=O)O[C@H]3[C@@H]2[C@H](CC3(C)C)[C@H]1OCc1ccc(OC)cc1. The van der Waals surface area contributed by atoms with Gasteiger partial charge in [0, 0.05) is 11.3 Å². The fraction of sp³-hybridized carbons (Fsp3) is 0.609. The third-order valence-electron chi connectivity index (χ3n) is 6.78. The molecule has 0 aromatic heterocycles. The number of esters is 1. The molecule has 1 heterocycles. The molecule has 1 aromatic carbocycles. The van der Waals surface area contributed by atoms with Crippen LogP contribution in [-0.4, -0.2) is 25.3 Å².